The van der Waals surface area contributed by atoms with Gasteiger partial charge in [0.2, 0.25) is 5.91 Å². The molecule has 168 valence electrons. The normalized spacial score (nSPS) is 14.8. The summed E-state index contributed by atoms with van der Waals surface area (Å²) in [5.41, 5.74) is 2.57. The van der Waals surface area contributed by atoms with Gasteiger partial charge in [0.25, 0.3) is 11.8 Å². The average molecular weight is 441 g/mol. The summed E-state index contributed by atoms with van der Waals surface area (Å²) in [4.78, 5) is 41.2. The van der Waals surface area contributed by atoms with Crippen LogP contribution in [0.4, 0.5) is 0 Å². The van der Waals surface area contributed by atoms with Crippen LogP contribution in [0.5, 0.6) is 0 Å². The Kier molecular flexibility index (Phi) is 6.68. The van der Waals surface area contributed by atoms with Gasteiger partial charge in [0.05, 0.1) is 17.2 Å². The van der Waals surface area contributed by atoms with Gasteiger partial charge in [0, 0.05) is 6.42 Å². The monoisotopic (exact) mass is 440 g/mol. The third-order valence-electron chi connectivity index (χ3n) is 5.94. The minimum atomic E-state index is -0.946. The number of benzene rings is 3. The zero-order valence-corrected chi connectivity index (χ0v) is 18.9. The Labute approximate surface area is 194 Å². The minimum Gasteiger partial charge on any atom is -0.347 e. The predicted molar refractivity (Wildman–Crippen MR) is 128 cm³/mol. The second kappa shape index (κ2) is 9.82. The quantitative estimate of drug-likeness (QED) is 0.512. The van der Waals surface area contributed by atoms with Crippen LogP contribution in [0.3, 0.4) is 0 Å². The standard InChI is InChI=1S/C28H28N2O3/c1-19(2)17-24(21-13-7-4-8-14-21)29-26(31)25(18-20-11-5-3-6-12-20)30-27(32)22-15-9-10-16-23(22)28(30)33/h3-16,19,24-25H,17-18H2,1-2H3,(H,29,31). The largest absolute Gasteiger partial charge is 0.347 e. The number of nitrogens with zero attached hydrogens (tertiary/aromatic N) is 1. The molecule has 4 rings (SSSR count). The van der Waals surface area contributed by atoms with E-state index in [1.807, 2.05) is 60.7 Å². The van der Waals surface area contributed by atoms with E-state index in [-0.39, 0.29) is 18.4 Å². The van der Waals surface area contributed by atoms with Crippen molar-refractivity contribution in [3.05, 3.63) is 107 Å². The fourth-order valence-corrected chi connectivity index (χ4v) is 4.33. The summed E-state index contributed by atoms with van der Waals surface area (Å²) in [5.74, 6) is -0.830. The van der Waals surface area contributed by atoms with Crippen molar-refractivity contribution in [1.82, 2.24) is 10.2 Å². The number of hydrogen-bond donors (Lipinski definition) is 1. The summed E-state index contributed by atoms with van der Waals surface area (Å²) >= 11 is 0. The molecular formula is C28H28N2O3. The van der Waals surface area contributed by atoms with Crippen molar-refractivity contribution in [2.24, 2.45) is 5.92 Å². The Balaban J connectivity index is 1.67. The number of carbonyl (C=O) groups is 3. The van der Waals surface area contributed by atoms with Gasteiger partial charge >= 0.3 is 0 Å². The van der Waals surface area contributed by atoms with Gasteiger partial charge in [0.15, 0.2) is 0 Å². The van der Waals surface area contributed by atoms with Crippen LogP contribution < -0.4 is 5.32 Å². The molecule has 1 aliphatic rings. The van der Waals surface area contributed by atoms with E-state index < -0.39 is 17.9 Å². The molecule has 0 aromatic heterocycles. The maximum absolute atomic E-state index is 13.7. The molecule has 0 radical (unpaired) electrons. The first-order valence-corrected chi connectivity index (χ1v) is 11.3. The van der Waals surface area contributed by atoms with Gasteiger partial charge in [-0.25, -0.2) is 0 Å². The molecule has 3 aromatic rings. The van der Waals surface area contributed by atoms with Crippen LogP contribution in [0, 0.1) is 5.92 Å². The summed E-state index contributed by atoms with van der Waals surface area (Å²) in [7, 11) is 0. The lowest BCUT2D eigenvalue weighted by Crippen LogP contribution is -2.51. The Morgan fingerprint density at radius 1 is 0.788 bits per heavy atom. The summed E-state index contributed by atoms with van der Waals surface area (Å²) in [6.45, 7) is 4.21. The molecule has 3 aromatic carbocycles. The van der Waals surface area contributed by atoms with Gasteiger partial charge in [-0.05, 0) is 35.6 Å². The maximum atomic E-state index is 13.7. The van der Waals surface area contributed by atoms with Crippen molar-refractivity contribution in [2.45, 2.75) is 38.8 Å². The first-order valence-electron chi connectivity index (χ1n) is 11.3. The van der Waals surface area contributed by atoms with Gasteiger partial charge in [0.1, 0.15) is 6.04 Å². The van der Waals surface area contributed by atoms with E-state index in [0.29, 0.717) is 17.0 Å². The molecule has 0 aliphatic carbocycles. The molecule has 2 unspecified atom stereocenters. The lowest BCUT2D eigenvalue weighted by molar-refractivity contribution is -0.125. The van der Waals surface area contributed by atoms with E-state index in [0.717, 1.165) is 22.4 Å². The second-order valence-corrected chi connectivity index (χ2v) is 8.83. The minimum absolute atomic E-state index is 0.216. The molecule has 33 heavy (non-hydrogen) atoms. The maximum Gasteiger partial charge on any atom is 0.262 e. The SMILES string of the molecule is CC(C)CC(NC(=O)C(Cc1ccccc1)N1C(=O)c2ccccc2C1=O)c1ccccc1. The molecule has 5 heteroatoms. The predicted octanol–water partition coefficient (Wildman–Crippen LogP) is 4.80. The number of fused-ring (bicyclic) bond motifs is 1. The van der Waals surface area contributed by atoms with Crippen LogP contribution in [-0.2, 0) is 11.2 Å². The summed E-state index contributed by atoms with van der Waals surface area (Å²) in [5, 5.41) is 3.14. The molecule has 0 saturated carbocycles. The second-order valence-electron chi connectivity index (χ2n) is 8.83. The van der Waals surface area contributed by atoms with Crippen LogP contribution in [0.25, 0.3) is 0 Å². The number of imide groups is 1. The molecule has 5 nitrogen and oxygen atoms in total. The highest BCUT2D eigenvalue weighted by atomic mass is 16.2. The lowest BCUT2D eigenvalue weighted by Gasteiger charge is -2.29. The number of amides is 3. The highest BCUT2D eigenvalue weighted by molar-refractivity contribution is 6.22. The molecule has 0 spiro atoms. The number of rotatable bonds is 8. The molecular weight excluding hydrogens is 412 g/mol. The Morgan fingerprint density at radius 3 is 1.85 bits per heavy atom. The van der Waals surface area contributed by atoms with E-state index in [1.165, 1.54) is 0 Å². The van der Waals surface area contributed by atoms with Crippen molar-refractivity contribution in [3.63, 3.8) is 0 Å². The zero-order valence-electron chi connectivity index (χ0n) is 18.9. The number of nitrogens with one attached hydrogen (secondary N) is 1. The fraction of sp³-hybridized carbons (Fsp3) is 0.250. The number of hydrogen-bond acceptors (Lipinski definition) is 3. The summed E-state index contributed by atoms with van der Waals surface area (Å²) < 4.78 is 0. The molecule has 1 heterocycles. The van der Waals surface area contributed by atoms with Crippen molar-refractivity contribution in [1.29, 1.82) is 0 Å². The first kappa shape index (κ1) is 22.5. The van der Waals surface area contributed by atoms with Gasteiger partial charge in [-0.1, -0.05) is 86.6 Å². The van der Waals surface area contributed by atoms with Crippen LogP contribution in [0.2, 0.25) is 0 Å². The molecule has 0 bridgehead atoms. The first-order chi connectivity index (χ1) is 16.0. The Bertz CT molecular complexity index is 1110. The van der Waals surface area contributed by atoms with Crippen LogP contribution in [0.15, 0.2) is 84.9 Å². The van der Waals surface area contributed by atoms with Crippen molar-refractivity contribution >= 4 is 17.7 Å². The van der Waals surface area contributed by atoms with E-state index in [1.54, 1.807) is 24.3 Å². The van der Waals surface area contributed by atoms with Crippen LogP contribution in [0.1, 0.15) is 58.2 Å². The Morgan fingerprint density at radius 2 is 1.30 bits per heavy atom. The van der Waals surface area contributed by atoms with Crippen molar-refractivity contribution in [3.8, 4) is 0 Å². The van der Waals surface area contributed by atoms with E-state index in [2.05, 4.69) is 19.2 Å². The fourth-order valence-electron chi connectivity index (χ4n) is 4.33. The third-order valence-corrected chi connectivity index (χ3v) is 5.94. The summed E-state index contributed by atoms with van der Waals surface area (Å²) in [6, 6.07) is 24.9. The molecule has 0 fully saturated rings. The molecule has 0 saturated heterocycles. The van der Waals surface area contributed by atoms with Gasteiger partial charge in [-0.3, -0.25) is 19.3 Å². The van der Waals surface area contributed by atoms with Gasteiger partial charge < -0.3 is 5.32 Å². The highest BCUT2D eigenvalue weighted by Crippen LogP contribution is 2.27. The average Bonchev–Trinajstić information content (AvgIpc) is 3.08. The van der Waals surface area contributed by atoms with Crippen LogP contribution >= 0.6 is 0 Å². The molecule has 1 N–H and O–H groups in total. The van der Waals surface area contributed by atoms with Crippen molar-refractivity contribution < 1.29 is 14.4 Å². The van der Waals surface area contributed by atoms with Crippen molar-refractivity contribution in [2.75, 3.05) is 0 Å². The van der Waals surface area contributed by atoms with E-state index in [9.17, 15) is 14.4 Å². The Hall–Kier alpha value is -3.73. The topological polar surface area (TPSA) is 66.5 Å². The number of carbonyl (C=O) groups excluding carboxylic acids is 3. The summed E-state index contributed by atoms with van der Waals surface area (Å²) in [6.07, 6.45) is 0.997. The molecule has 2 atom stereocenters. The molecule has 1 aliphatic heterocycles. The smallest absolute Gasteiger partial charge is 0.262 e. The third kappa shape index (κ3) is 4.87. The lowest BCUT2D eigenvalue weighted by atomic mass is 9.96. The van der Waals surface area contributed by atoms with Gasteiger partial charge in [-0.15, -0.1) is 0 Å². The van der Waals surface area contributed by atoms with Crippen LogP contribution in [-0.4, -0.2) is 28.7 Å². The van der Waals surface area contributed by atoms with E-state index in [4.69, 9.17) is 0 Å². The van der Waals surface area contributed by atoms with E-state index >= 15 is 0 Å². The zero-order chi connectivity index (χ0) is 23.4. The highest BCUT2D eigenvalue weighted by Gasteiger charge is 2.43. The van der Waals surface area contributed by atoms with Gasteiger partial charge in [-0.2, -0.15) is 0 Å². The molecule has 3 amide bonds.